The Morgan fingerprint density at radius 2 is 2.14 bits per heavy atom. The largest absolute Gasteiger partial charge is 0.289 e. The summed E-state index contributed by atoms with van der Waals surface area (Å²) >= 11 is 8.66. The Hall–Kier alpha value is -0.620. The molecule has 0 radical (unpaired) electrons. The van der Waals surface area contributed by atoms with Crippen molar-refractivity contribution in [1.82, 2.24) is 0 Å². The van der Waals surface area contributed by atoms with Crippen LogP contribution in [0.3, 0.4) is 0 Å². The fourth-order valence-corrected chi connectivity index (χ4v) is 1.52. The van der Waals surface area contributed by atoms with E-state index in [1.165, 1.54) is 18.2 Å². The zero-order valence-corrected chi connectivity index (χ0v) is 8.99. The van der Waals surface area contributed by atoms with Gasteiger partial charge in [0.1, 0.15) is 0 Å². The van der Waals surface area contributed by atoms with E-state index in [0.29, 0.717) is 0 Å². The van der Waals surface area contributed by atoms with Crippen LogP contribution in [0.5, 0.6) is 0 Å². The van der Waals surface area contributed by atoms with E-state index < -0.39 is 16.5 Å². The molecule has 0 amide bonds. The molecule has 14 heavy (non-hydrogen) atoms. The molecule has 1 aromatic carbocycles. The van der Waals surface area contributed by atoms with E-state index in [1.54, 1.807) is 0 Å². The van der Waals surface area contributed by atoms with Crippen LogP contribution in [0.1, 0.15) is 10.4 Å². The average molecular weight is 254 g/mol. The van der Waals surface area contributed by atoms with Gasteiger partial charge in [0.25, 0.3) is 16.5 Å². The zero-order valence-electron chi connectivity index (χ0n) is 6.66. The van der Waals surface area contributed by atoms with Gasteiger partial charge in [0.05, 0.1) is 10.7 Å². The van der Waals surface area contributed by atoms with Gasteiger partial charge in [0.2, 0.25) is 0 Å². The summed E-state index contributed by atoms with van der Waals surface area (Å²) in [6.45, 7) is 0. The Morgan fingerprint density at radius 3 is 2.64 bits per heavy atom. The lowest BCUT2D eigenvalue weighted by Gasteiger charge is -2.04. The third-order valence-corrected chi connectivity index (χ3v) is 2.33. The molecule has 1 atom stereocenters. The molecule has 0 aromatic heterocycles. The molecular weight excluding hydrogens is 249 g/mol. The molecule has 0 saturated heterocycles. The lowest BCUT2D eigenvalue weighted by atomic mass is 10.2. The van der Waals surface area contributed by atoms with Crippen molar-refractivity contribution in [2.75, 3.05) is 4.72 Å². The van der Waals surface area contributed by atoms with Gasteiger partial charge in [-0.25, -0.2) is 4.21 Å². The smallest absolute Gasteiger partial charge is 0.259 e. The van der Waals surface area contributed by atoms with Crippen molar-refractivity contribution >= 4 is 45.4 Å². The highest BCUT2D eigenvalue weighted by Gasteiger charge is 2.07. The zero-order chi connectivity index (χ0) is 10.7. The van der Waals surface area contributed by atoms with Gasteiger partial charge >= 0.3 is 0 Å². The normalized spacial score (nSPS) is 12.2. The number of halogens is 2. The Kier molecular flexibility index (Phi) is 3.88. The number of rotatable bonds is 3. The fraction of sp³-hybridized carbons (Fsp3) is 0. The van der Waals surface area contributed by atoms with E-state index in [0.717, 1.165) is 0 Å². The van der Waals surface area contributed by atoms with Gasteiger partial charge in [0.15, 0.2) is 0 Å². The van der Waals surface area contributed by atoms with Crippen LogP contribution in [0.25, 0.3) is 0 Å². The molecule has 0 fully saturated rings. The third kappa shape index (κ3) is 2.95. The number of hydrogen-bond donors (Lipinski definition) is 2. The molecule has 0 heterocycles. The van der Waals surface area contributed by atoms with Gasteiger partial charge in [0, 0.05) is 5.56 Å². The number of anilines is 1. The molecule has 0 saturated carbocycles. The van der Waals surface area contributed by atoms with Crippen LogP contribution in [0.4, 0.5) is 5.69 Å². The number of nitrogens with one attached hydrogen (secondary N) is 1. The predicted molar refractivity (Wildman–Crippen MR) is 56.0 cm³/mol. The molecule has 1 rings (SSSR count). The van der Waals surface area contributed by atoms with Crippen LogP contribution < -0.4 is 4.72 Å². The summed E-state index contributed by atoms with van der Waals surface area (Å²) in [6.07, 6.45) is 0. The summed E-state index contributed by atoms with van der Waals surface area (Å²) in [6, 6.07) is 4.13. The van der Waals surface area contributed by atoms with E-state index in [9.17, 15) is 9.00 Å². The van der Waals surface area contributed by atoms with Crippen molar-refractivity contribution in [3.63, 3.8) is 0 Å². The second kappa shape index (κ2) is 4.75. The molecule has 0 aliphatic carbocycles. The summed E-state index contributed by atoms with van der Waals surface area (Å²) < 4.78 is 21.1. The molecule has 0 aliphatic rings. The third-order valence-electron chi connectivity index (χ3n) is 1.39. The van der Waals surface area contributed by atoms with Crippen molar-refractivity contribution in [2.45, 2.75) is 0 Å². The first-order valence-corrected chi connectivity index (χ1v) is 5.24. The number of carbonyl (C=O) groups excluding carboxylic acids is 1. The van der Waals surface area contributed by atoms with Gasteiger partial charge < -0.3 is 0 Å². The molecule has 0 bridgehead atoms. The molecular formula is C7H5Cl2NO3S. The van der Waals surface area contributed by atoms with Crippen LogP contribution in [0.2, 0.25) is 5.02 Å². The minimum absolute atomic E-state index is 0.180. The van der Waals surface area contributed by atoms with E-state index >= 15 is 0 Å². The highest BCUT2D eigenvalue weighted by molar-refractivity contribution is 7.80. The van der Waals surface area contributed by atoms with Gasteiger partial charge in [-0.05, 0) is 29.8 Å². The van der Waals surface area contributed by atoms with Crippen LogP contribution in [-0.2, 0) is 11.3 Å². The van der Waals surface area contributed by atoms with Crippen LogP contribution in [0, 0.1) is 0 Å². The Balaban J connectivity index is 3.08. The Morgan fingerprint density at radius 1 is 1.50 bits per heavy atom. The summed E-state index contributed by atoms with van der Waals surface area (Å²) in [7, 11) is 0. The molecule has 76 valence electrons. The van der Waals surface area contributed by atoms with Crippen LogP contribution in [-0.4, -0.2) is 14.0 Å². The first kappa shape index (κ1) is 11.5. The first-order valence-electron chi connectivity index (χ1n) is 3.37. The van der Waals surface area contributed by atoms with Gasteiger partial charge in [-0.15, -0.1) is 0 Å². The number of benzene rings is 1. The second-order valence-electron chi connectivity index (χ2n) is 2.32. The summed E-state index contributed by atoms with van der Waals surface area (Å²) in [5.41, 5.74) is 0.378. The maximum absolute atomic E-state index is 10.8. The van der Waals surface area contributed by atoms with Crippen molar-refractivity contribution in [3.8, 4) is 0 Å². The molecule has 4 nitrogen and oxygen atoms in total. The van der Waals surface area contributed by atoms with Crippen LogP contribution in [0.15, 0.2) is 18.2 Å². The summed E-state index contributed by atoms with van der Waals surface area (Å²) in [4.78, 5) is 10.8. The fourth-order valence-electron chi connectivity index (χ4n) is 0.820. The minimum Gasteiger partial charge on any atom is -0.289 e. The van der Waals surface area contributed by atoms with Crippen LogP contribution >= 0.6 is 23.2 Å². The van der Waals surface area contributed by atoms with Gasteiger partial charge in [-0.3, -0.25) is 14.1 Å². The van der Waals surface area contributed by atoms with E-state index in [4.69, 9.17) is 27.8 Å². The van der Waals surface area contributed by atoms with E-state index in [2.05, 4.69) is 4.72 Å². The minimum atomic E-state index is -2.24. The standard InChI is InChI=1S/C7H5Cl2NO3S/c8-5-2-1-4(7(9)11)3-6(5)10-14(12)13/h1-3,10H,(H,12,13). The first-order chi connectivity index (χ1) is 6.50. The topological polar surface area (TPSA) is 66.4 Å². The molecule has 0 aliphatic heterocycles. The molecule has 2 N–H and O–H groups in total. The maximum Gasteiger partial charge on any atom is 0.259 e. The number of carbonyl (C=O) groups is 1. The SMILES string of the molecule is O=C(Cl)c1ccc(Cl)c(NS(=O)O)c1. The lowest BCUT2D eigenvalue weighted by molar-refractivity contribution is 0.108. The number of hydrogen-bond acceptors (Lipinski definition) is 2. The van der Waals surface area contributed by atoms with E-state index in [-0.39, 0.29) is 16.3 Å². The monoisotopic (exact) mass is 253 g/mol. The summed E-state index contributed by atoms with van der Waals surface area (Å²) in [5.74, 6) is 0. The maximum atomic E-state index is 10.8. The summed E-state index contributed by atoms with van der Waals surface area (Å²) in [5, 5.41) is -0.428. The van der Waals surface area contributed by atoms with Crippen molar-refractivity contribution < 1.29 is 13.6 Å². The van der Waals surface area contributed by atoms with Gasteiger partial charge in [-0.2, -0.15) is 0 Å². The molecule has 1 aromatic rings. The van der Waals surface area contributed by atoms with Gasteiger partial charge in [-0.1, -0.05) is 11.6 Å². The predicted octanol–water partition coefficient (Wildman–Crippen LogP) is 2.27. The molecule has 1 unspecified atom stereocenters. The quantitative estimate of drug-likeness (QED) is 0.642. The van der Waals surface area contributed by atoms with E-state index in [1.807, 2.05) is 0 Å². The molecule has 0 spiro atoms. The molecule has 7 heteroatoms. The highest BCUT2D eigenvalue weighted by atomic mass is 35.5. The Bertz CT molecular complexity index is 397. The second-order valence-corrected chi connectivity index (χ2v) is 3.77. The average Bonchev–Trinajstić information content (AvgIpc) is 2.07. The van der Waals surface area contributed by atoms with Crippen molar-refractivity contribution in [3.05, 3.63) is 28.8 Å². The van der Waals surface area contributed by atoms with Crippen molar-refractivity contribution in [2.24, 2.45) is 0 Å². The Labute approximate surface area is 92.6 Å². The van der Waals surface area contributed by atoms with Crippen molar-refractivity contribution in [1.29, 1.82) is 0 Å². The lowest BCUT2D eigenvalue weighted by Crippen LogP contribution is -2.03. The highest BCUT2D eigenvalue weighted by Crippen LogP contribution is 2.23.